The Morgan fingerprint density at radius 1 is 1.15 bits per heavy atom. The highest BCUT2D eigenvalue weighted by atomic mass is 32.1. The lowest BCUT2D eigenvalue weighted by atomic mass is 10.2. The van der Waals surface area contributed by atoms with Crippen molar-refractivity contribution < 1.29 is 9.53 Å². The summed E-state index contributed by atoms with van der Waals surface area (Å²) in [6, 6.07) is 12.3. The Hall–Kier alpha value is -3.08. The zero-order valence-electron chi connectivity index (χ0n) is 18.4. The molecule has 1 saturated heterocycles. The maximum atomic E-state index is 11.4. The first kappa shape index (κ1) is 21.7. The number of nitrogens with one attached hydrogen (secondary N) is 1. The maximum absolute atomic E-state index is 11.4. The molecule has 170 valence electrons. The number of thiophene rings is 1. The lowest BCUT2D eigenvalue weighted by molar-refractivity contribution is -0.114. The van der Waals surface area contributed by atoms with Crippen molar-refractivity contribution in [2.45, 2.75) is 19.9 Å². The molecule has 1 amide bonds. The van der Waals surface area contributed by atoms with Gasteiger partial charge in [0.25, 0.3) is 0 Å². The smallest absolute Gasteiger partial charge is 0.224 e. The summed E-state index contributed by atoms with van der Waals surface area (Å²) < 4.78 is 7.03. The Balaban J connectivity index is 1.28. The van der Waals surface area contributed by atoms with E-state index in [0.29, 0.717) is 28.3 Å². The highest BCUT2D eigenvalue weighted by Gasteiger charge is 2.23. The van der Waals surface area contributed by atoms with Gasteiger partial charge in [0.1, 0.15) is 17.7 Å². The zero-order chi connectivity index (χ0) is 22.8. The molecule has 0 radical (unpaired) electrons. The highest BCUT2D eigenvalue weighted by molar-refractivity contribution is 7.22. The van der Waals surface area contributed by atoms with Crippen molar-refractivity contribution in [2.75, 3.05) is 36.4 Å². The summed E-state index contributed by atoms with van der Waals surface area (Å²) in [5, 5.41) is 5.42. The number of rotatable bonds is 6. The number of ether oxygens (including phenoxy) is 1. The van der Waals surface area contributed by atoms with Gasteiger partial charge < -0.3 is 15.0 Å². The molecule has 1 fully saturated rings. The second-order valence-corrected chi connectivity index (χ2v) is 9.84. The Kier molecular flexibility index (Phi) is 6.21. The fourth-order valence-electron chi connectivity index (χ4n) is 3.93. The summed E-state index contributed by atoms with van der Waals surface area (Å²) in [5.74, 6) is 1.77. The molecule has 0 bridgehead atoms. The van der Waals surface area contributed by atoms with Gasteiger partial charge >= 0.3 is 0 Å². The van der Waals surface area contributed by atoms with Crippen LogP contribution in [0.1, 0.15) is 24.8 Å². The number of hydrogen-bond acceptors (Lipinski definition) is 9. The van der Waals surface area contributed by atoms with Crippen molar-refractivity contribution in [3.8, 4) is 11.6 Å². The molecule has 1 aliphatic rings. The van der Waals surface area contributed by atoms with Crippen LogP contribution >= 0.6 is 22.7 Å². The maximum Gasteiger partial charge on any atom is 0.224 e. The number of fused-ring (bicyclic) bond motifs is 1. The van der Waals surface area contributed by atoms with E-state index in [2.05, 4.69) is 54.5 Å². The molecule has 4 heterocycles. The van der Waals surface area contributed by atoms with Gasteiger partial charge in [-0.15, -0.1) is 11.3 Å². The van der Waals surface area contributed by atoms with Crippen LogP contribution in [0.4, 0.5) is 10.9 Å². The minimum absolute atomic E-state index is 0.151. The normalized spacial score (nSPS) is 15.5. The van der Waals surface area contributed by atoms with Crippen LogP contribution in [0, 0.1) is 0 Å². The number of para-hydroxylation sites is 1. The Morgan fingerprint density at radius 3 is 2.76 bits per heavy atom. The summed E-state index contributed by atoms with van der Waals surface area (Å²) >= 11 is 3.22. The number of benzene rings is 1. The summed E-state index contributed by atoms with van der Waals surface area (Å²) in [4.78, 5) is 30.8. The second kappa shape index (κ2) is 9.42. The molecule has 1 aliphatic heterocycles. The van der Waals surface area contributed by atoms with Crippen molar-refractivity contribution in [2.24, 2.45) is 0 Å². The summed E-state index contributed by atoms with van der Waals surface area (Å²) in [6.45, 7) is 7.48. The monoisotopic (exact) mass is 480 g/mol. The number of anilines is 2. The van der Waals surface area contributed by atoms with Crippen LogP contribution in [0.2, 0.25) is 0 Å². The van der Waals surface area contributed by atoms with Crippen LogP contribution in [0.25, 0.3) is 10.2 Å². The van der Waals surface area contributed by atoms with E-state index in [4.69, 9.17) is 4.74 Å². The predicted octanol–water partition coefficient (Wildman–Crippen LogP) is 4.78. The van der Waals surface area contributed by atoms with Crippen molar-refractivity contribution in [3.05, 3.63) is 53.0 Å². The fraction of sp³-hybridized carbons (Fsp3) is 0.304. The molecule has 1 aromatic carbocycles. The Labute approximate surface area is 199 Å². The van der Waals surface area contributed by atoms with E-state index in [1.165, 1.54) is 29.5 Å². The lowest BCUT2D eigenvalue weighted by Crippen LogP contribution is -2.47. The van der Waals surface area contributed by atoms with E-state index in [-0.39, 0.29) is 5.91 Å². The minimum atomic E-state index is -0.151. The van der Waals surface area contributed by atoms with Gasteiger partial charge in [-0.25, -0.2) is 15.0 Å². The number of hydrogen-bond donors (Lipinski definition) is 1. The van der Waals surface area contributed by atoms with E-state index in [1.807, 2.05) is 35.6 Å². The molecule has 8 nitrogen and oxygen atoms in total. The Bertz CT molecular complexity index is 1250. The SMILES string of the molecule is CC(=O)Nc1nc2c(Oc3cc(N4CCN([C@H](C)c5cccs5)CC4)ncn3)cccc2s1. The van der Waals surface area contributed by atoms with Gasteiger partial charge in [-0.05, 0) is 30.5 Å². The third kappa shape index (κ3) is 4.82. The summed E-state index contributed by atoms with van der Waals surface area (Å²) in [6.07, 6.45) is 1.54. The number of aromatic nitrogens is 3. The first-order valence-electron chi connectivity index (χ1n) is 10.8. The average molecular weight is 481 g/mol. The van der Waals surface area contributed by atoms with Gasteiger partial charge in [-0.2, -0.15) is 0 Å². The molecule has 10 heteroatoms. The molecular formula is C23H24N6O2S2. The molecule has 0 saturated carbocycles. The molecule has 3 aromatic heterocycles. The number of nitrogens with zero attached hydrogens (tertiary/aromatic N) is 5. The van der Waals surface area contributed by atoms with Crippen LogP contribution in [0.5, 0.6) is 11.6 Å². The van der Waals surface area contributed by atoms with E-state index in [1.54, 1.807) is 0 Å². The van der Waals surface area contributed by atoms with E-state index in [0.717, 1.165) is 36.7 Å². The third-order valence-corrected chi connectivity index (χ3v) is 7.63. The van der Waals surface area contributed by atoms with E-state index < -0.39 is 0 Å². The van der Waals surface area contributed by atoms with Crippen LogP contribution in [-0.4, -0.2) is 51.9 Å². The molecule has 1 N–H and O–H groups in total. The van der Waals surface area contributed by atoms with Crippen molar-refractivity contribution >= 4 is 49.7 Å². The molecule has 33 heavy (non-hydrogen) atoms. The van der Waals surface area contributed by atoms with Crippen molar-refractivity contribution in [3.63, 3.8) is 0 Å². The van der Waals surface area contributed by atoms with Gasteiger partial charge in [0.05, 0.1) is 4.70 Å². The number of thiazole rings is 1. The van der Waals surface area contributed by atoms with Crippen molar-refractivity contribution in [1.82, 2.24) is 19.9 Å². The number of carbonyl (C=O) groups is 1. The Morgan fingerprint density at radius 2 is 2.00 bits per heavy atom. The van der Waals surface area contributed by atoms with Gasteiger partial charge in [-0.3, -0.25) is 9.69 Å². The molecule has 1 atom stereocenters. The molecule has 0 aliphatic carbocycles. The predicted molar refractivity (Wildman–Crippen MR) is 133 cm³/mol. The van der Waals surface area contributed by atoms with Gasteiger partial charge in [0.15, 0.2) is 10.9 Å². The lowest BCUT2D eigenvalue weighted by Gasteiger charge is -2.38. The standard InChI is InChI=1S/C23H24N6O2S2/c1-15(18-7-4-12-32-18)28-8-10-29(11-9-28)20-13-21(25-14-24-20)31-17-5-3-6-19-22(17)27-23(33-19)26-16(2)30/h3-7,12-15H,8-11H2,1-2H3,(H,26,27,30)/t15-/m1/s1. The highest BCUT2D eigenvalue weighted by Crippen LogP contribution is 2.35. The van der Waals surface area contributed by atoms with Crippen LogP contribution < -0.4 is 15.0 Å². The van der Waals surface area contributed by atoms with E-state index in [9.17, 15) is 4.79 Å². The minimum Gasteiger partial charge on any atom is -0.437 e. The third-order valence-electron chi connectivity index (χ3n) is 5.65. The molecule has 0 spiro atoms. The number of piperazine rings is 1. The zero-order valence-corrected chi connectivity index (χ0v) is 20.0. The average Bonchev–Trinajstić information content (AvgIpc) is 3.49. The van der Waals surface area contributed by atoms with Crippen LogP contribution in [-0.2, 0) is 4.79 Å². The molecular weight excluding hydrogens is 456 g/mol. The van der Waals surface area contributed by atoms with Crippen molar-refractivity contribution in [1.29, 1.82) is 0 Å². The molecule has 0 unspecified atom stereocenters. The quantitative estimate of drug-likeness (QED) is 0.425. The second-order valence-electron chi connectivity index (χ2n) is 7.83. The summed E-state index contributed by atoms with van der Waals surface area (Å²) in [5.41, 5.74) is 0.697. The van der Waals surface area contributed by atoms with Gasteiger partial charge in [0.2, 0.25) is 11.8 Å². The number of amides is 1. The molecule has 4 aromatic rings. The first-order valence-corrected chi connectivity index (χ1v) is 12.5. The first-order chi connectivity index (χ1) is 16.1. The summed E-state index contributed by atoms with van der Waals surface area (Å²) in [7, 11) is 0. The van der Waals surface area contributed by atoms with Gasteiger partial charge in [0, 0.05) is 50.1 Å². The van der Waals surface area contributed by atoms with Crippen LogP contribution in [0.15, 0.2) is 48.1 Å². The van der Waals surface area contributed by atoms with Crippen LogP contribution in [0.3, 0.4) is 0 Å². The number of carbonyl (C=O) groups excluding carboxylic acids is 1. The fourth-order valence-corrected chi connectivity index (χ4v) is 5.68. The molecule has 5 rings (SSSR count). The topological polar surface area (TPSA) is 83.5 Å². The van der Waals surface area contributed by atoms with E-state index >= 15 is 0 Å². The largest absolute Gasteiger partial charge is 0.437 e. The van der Waals surface area contributed by atoms with Gasteiger partial charge in [-0.1, -0.05) is 23.5 Å².